The van der Waals surface area contributed by atoms with Gasteiger partial charge < -0.3 is 9.72 Å². The quantitative estimate of drug-likeness (QED) is 0.675. The third-order valence-corrected chi connectivity index (χ3v) is 5.88. The van der Waals surface area contributed by atoms with Crippen LogP contribution in [0.25, 0.3) is 10.9 Å². The molecule has 0 fully saturated rings. The van der Waals surface area contributed by atoms with Crippen molar-refractivity contribution in [3.63, 3.8) is 0 Å². The third kappa shape index (κ3) is 1.94. The van der Waals surface area contributed by atoms with Gasteiger partial charge in [0.2, 0.25) is 0 Å². The Balaban J connectivity index is 2.02. The van der Waals surface area contributed by atoms with Crippen molar-refractivity contribution in [1.29, 1.82) is 0 Å². The largest absolute Gasteiger partial charge is 0.497 e. The van der Waals surface area contributed by atoms with Gasteiger partial charge in [0.25, 0.3) is 0 Å². The zero-order valence-corrected chi connectivity index (χ0v) is 14.4. The maximum atomic E-state index is 5.54. The lowest BCUT2D eigenvalue weighted by Gasteiger charge is -2.41. The normalized spacial score (nSPS) is 24.3. The van der Waals surface area contributed by atoms with Crippen LogP contribution in [0.15, 0.2) is 28.8 Å². The molecule has 0 unspecified atom stereocenters. The van der Waals surface area contributed by atoms with E-state index in [9.17, 15) is 0 Å². The van der Waals surface area contributed by atoms with Gasteiger partial charge in [-0.2, -0.15) is 0 Å². The van der Waals surface area contributed by atoms with E-state index >= 15 is 0 Å². The number of hydrogen-bond donors (Lipinski definition) is 1. The standard InChI is InChI=1S/C18H22N2OS/c1-10-5-12-13-6-11(21-3)7-15-17(13)14(18(19-15)22-4)8-16(12)20(2)9-10/h5-7,12,16,19H,8-9H2,1-4H3/t12-,16-/m1/s1. The van der Waals surface area contributed by atoms with E-state index < -0.39 is 0 Å². The Morgan fingerprint density at radius 1 is 1.36 bits per heavy atom. The number of nitrogens with zero attached hydrogens (tertiary/aromatic N) is 1. The lowest BCUT2D eigenvalue weighted by molar-refractivity contribution is 0.223. The minimum atomic E-state index is 0.467. The van der Waals surface area contributed by atoms with Crippen LogP contribution in [0.1, 0.15) is 24.0 Å². The van der Waals surface area contributed by atoms with Gasteiger partial charge in [0.15, 0.2) is 0 Å². The number of ether oxygens (including phenoxy) is 1. The van der Waals surface area contributed by atoms with Crippen molar-refractivity contribution >= 4 is 22.7 Å². The minimum absolute atomic E-state index is 0.467. The van der Waals surface area contributed by atoms with Gasteiger partial charge in [0, 0.05) is 30.0 Å². The highest BCUT2D eigenvalue weighted by Gasteiger charge is 2.36. The molecule has 116 valence electrons. The Bertz CT molecular complexity index is 777. The second-order valence-corrected chi connectivity index (χ2v) is 7.32. The number of thioether (sulfide) groups is 1. The number of benzene rings is 1. The van der Waals surface area contributed by atoms with Crippen LogP contribution >= 0.6 is 11.8 Å². The average molecular weight is 314 g/mol. The molecule has 2 heterocycles. The van der Waals surface area contributed by atoms with Crippen LogP contribution in [0.2, 0.25) is 0 Å². The van der Waals surface area contributed by atoms with Crippen molar-refractivity contribution < 1.29 is 4.74 Å². The molecule has 0 amide bonds. The number of rotatable bonds is 2. The molecule has 4 rings (SSSR count). The monoisotopic (exact) mass is 314 g/mol. The molecule has 0 spiro atoms. The predicted molar refractivity (Wildman–Crippen MR) is 93.3 cm³/mol. The molecule has 2 aromatic rings. The van der Waals surface area contributed by atoms with E-state index in [4.69, 9.17) is 4.74 Å². The molecule has 4 heteroatoms. The molecule has 1 N–H and O–H groups in total. The molecule has 1 aliphatic carbocycles. The van der Waals surface area contributed by atoms with Crippen LogP contribution in [0.4, 0.5) is 0 Å². The fourth-order valence-corrected chi connectivity index (χ4v) is 4.82. The lowest BCUT2D eigenvalue weighted by atomic mass is 9.76. The Hall–Kier alpha value is -1.39. The van der Waals surface area contributed by atoms with Crippen molar-refractivity contribution in [3.8, 4) is 5.75 Å². The average Bonchev–Trinajstić information content (AvgIpc) is 2.86. The van der Waals surface area contributed by atoms with E-state index in [0.29, 0.717) is 12.0 Å². The summed E-state index contributed by atoms with van der Waals surface area (Å²) in [4.78, 5) is 6.11. The van der Waals surface area contributed by atoms with Gasteiger partial charge in [-0.1, -0.05) is 11.6 Å². The van der Waals surface area contributed by atoms with E-state index in [2.05, 4.69) is 48.3 Å². The van der Waals surface area contributed by atoms with E-state index in [1.807, 2.05) is 11.8 Å². The van der Waals surface area contributed by atoms with Crippen LogP contribution < -0.4 is 4.74 Å². The Morgan fingerprint density at radius 3 is 2.91 bits per heavy atom. The summed E-state index contributed by atoms with van der Waals surface area (Å²) in [7, 11) is 4.00. The van der Waals surface area contributed by atoms with E-state index in [1.165, 1.54) is 32.6 Å². The fraction of sp³-hybridized carbons (Fsp3) is 0.444. The van der Waals surface area contributed by atoms with Crippen molar-refractivity contribution in [2.75, 3.05) is 27.0 Å². The Labute approximate surface area is 135 Å². The van der Waals surface area contributed by atoms with Crippen molar-refractivity contribution in [2.45, 2.75) is 30.3 Å². The summed E-state index contributed by atoms with van der Waals surface area (Å²) >= 11 is 1.81. The highest BCUT2D eigenvalue weighted by Crippen LogP contribution is 2.46. The first-order valence-electron chi connectivity index (χ1n) is 7.76. The van der Waals surface area contributed by atoms with Gasteiger partial charge in [-0.3, -0.25) is 4.90 Å². The Kier molecular flexibility index (Phi) is 3.27. The topological polar surface area (TPSA) is 28.3 Å². The highest BCUT2D eigenvalue weighted by molar-refractivity contribution is 7.98. The number of methoxy groups -OCH3 is 1. The summed E-state index contributed by atoms with van der Waals surface area (Å²) in [5, 5.41) is 2.73. The lowest BCUT2D eigenvalue weighted by Crippen LogP contribution is -2.43. The maximum absolute atomic E-state index is 5.54. The molecule has 1 aliphatic heterocycles. The van der Waals surface area contributed by atoms with Crippen LogP contribution in [0, 0.1) is 0 Å². The van der Waals surface area contributed by atoms with E-state index in [0.717, 1.165) is 18.7 Å². The van der Waals surface area contributed by atoms with Gasteiger partial charge in [-0.25, -0.2) is 0 Å². The first-order chi connectivity index (χ1) is 10.6. The highest BCUT2D eigenvalue weighted by atomic mass is 32.2. The van der Waals surface area contributed by atoms with Gasteiger partial charge in [-0.15, -0.1) is 11.8 Å². The zero-order valence-electron chi connectivity index (χ0n) is 13.6. The fourth-order valence-electron chi connectivity index (χ4n) is 4.18. The number of aromatic nitrogens is 1. The van der Waals surface area contributed by atoms with Crippen molar-refractivity contribution in [1.82, 2.24) is 9.88 Å². The first-order valence-corrected chi connectivity index (χ1v) is 8.99. The molecule has 3 nitrogen and oxygen atoms in total. The molecule has 1 aromatic carbocycles. The third-order valence-electron chi connectivity index (χ3n) is 5.12. The van der Waals surface area contributed by atoms with E-state index in [1.54, 1.807) is 7.11 Å². The summed E-state index contributed by atoms with van der Waals surface area (Å²) in [6.45, 7) is 3.31. The van der Waals surface area contributed by atoms with Gasteiger partial charge in [0.05, 0.1) is 17.7 Å². The van der Waals surface area contributed by atoms with Crippen LogP contribution in [0.5, 0.6) is 5.75 Å². The second kappa shape index (κ2) is 5.07. The summed E-state index contributed by atoms with van der Waals surface area (Å²) in [5.74, 6) is 1.41. The van der Waals surface area contributed by atoms with Crippen LogP contribution in [-0.2, 0) is 6.42 Å². The zero-order chi connectivity index (χ0) is 15.4. The van der Waals surface area contributed by atoms with E-state index in [-0.39, 0.29) is 0 Å². The first kappa shape index (κ1) is 14.2. The number of aromatic amines is 1. The van der Waals surface area contributed by atoms with Crippen molar-refractivity contribution in [2.24, 2.45) is 0 Å². The Morgan fingerprint density at radius 2 is 2.18 bits per heavy atom. The molecule has 2 aliphatic rings. The molecule has 2 atom stereocenters. The summed E-state index contributed by atoms with van der Waals surface area (Å²) < 4.78 is 5.54. The molecular formula is C18H22N2OS. The minimum Gasteiger partial charge on any atom is -0.497 e. The maximum Gasteiger partial charge on any atom is 0.121 e. The smallest absolute Gasteiger partial charge is 0.121 e. The summed E-state index contributed by atoms with van der Waals surface area (Å²) in [6.07, 6.45) is 5.74. The van der Waals surface area contributed by atoms with Gasteiger partial charge in [0.1, 0.15) is 5.75 Å². The molecule has 1 aromatic heterocycles. The molecule has 0 saturated heterocycles. The second-order valence-electron chi connectivity index (χ2n) is 6.50. The number of fused-ring (bicyclic) bond motifs is 2. The number of likely N-dealkylation sites (N-methyl/N-ethyl adjacent to an activating group) is 1. The number of H-pyrrole nitrogens is 1. The van der Waals surface area contributed by atoms with Crippen molar-refractivity contribution in [3.05, 3.63) is 34.9 Å². The SMILES string of the molecule is COc1cc2c3c(c(SC)[nH]c3c1)C[C@@H]1[C@@H]2C=C(C)CN1C. The molecule has 0 radical (unpaired) electrons. The van der Waals surface area contributed by atoms with Crippen LogP contribution in [-0.4, -0.2) is 42.9 Å². The molecule has 22 heavy (non-hydrogen) atoms. The number of hydrogen-bond acceptors (Lipinski definition) is 3. The van der Waals surface area contributed by atoms with Gasteiger partial charge in [-0.05, 0) is 43.8 Å². The summed E-state index contributed by atoms with van der Waals surface area (Å²) in [6, 6.07) is 4.92. The van der Waals surface area contributed by atoms with Gasteiger partial charge >= 0.3 is 0 Å². The predicted octanol–water partition coefficient (Wildman–Crippen LogP) is 3.80. The summed E-state index contributed by atoms with van der Waals surface area (Å²) in [5.41, 5.74) is 5.58. The van der Waals surface area contributed by atoms with Crippen LogP contribution in [0.3, 0.4) is 0 Å². The molecule has 0 bridgehead atoms. The molecular weight excluding hydrogens is 292 g/mol. The molecule has 0 saturated carbocycles. The number of nitrogens with one attached hydrogen (secondary N) is 1.